The van der Waals surface area contributed by atoms with Crippen LogP contribution in [-0.2, 0) is 70.1 Å². The van der Waals surface area contributed by atoms with Crippen molar-refractivity contribution < 1.29 is 79.5 Å². The number of halogens is 5. The molecule has 94 heavy (non-hydrogen) atoms. The van der Waals surface area contributed by atoms with Crippen LogP contribution in [0, 0.1) is 41.2 Å². The molecule has 1 heterocycles. The Bertz CT molecular complexity index is 2860. The molecule has 28 heteroatoms. The first-order valence-electron chi connectivity index (χ1n) is 32.5. The molecule has 23 nitrogen and oxygen atoms in total. The van der Waals surface area contributed by atoms with Crippen LogP contribution < -0.4 is 21.3 Å². The van der Waals surface area contributed by atoms with Crippen LogP contribution in [0.4, 0.5) is 22.0 Å². The summed E-state index contributed by atoms with van der Waals surface area (Å²) in [5, 5.41) is 10.9. The summed E-state index contributed by atoms with van der Waals surface area (Å²) < 4.78 is 70.9. The third-order valence-electron chi connectivity index (χ3n) is 17.7. The Kier molecular flexibility index (Phi) is 30.5. The van der Waals surface area contributed by atoms with Crippen molar-refractivity contribution in [3.8, 4) is 0 Å². The SMILES string of the molecule is CC[C@H](C)[C@@H]1NC(=O)[C@H](CC(C)C)N(C)C(=O)C[C@@H](C)NC(=O)[C@H](CC(C)C)N(C)C(=O)C(C)(C)NC(=O)[C@H](CC(C)C)N(C)C(=O)[C@H](CCc2cc(F)c(C(F)(F)F)c(F)c2)NC(=O)CN(C)C(=O)[C@H](C(=O)CC2CCCCC2)N(C)C(=O)CN(C)C(=O)CN(C)C1=O. The lowest BCUT2D eigenvalue weighted by molar-refractivity contribution is -0.152. The lowest BCUT2D eigenvalue weighted by Crippen LogP contribution is -2.63. The van der Waals surface area contributed by atoms with Crippen LogP contribution in [0.15, 0.2) is 12.1 Å². The van der Waals surface area contributed by atoms with Crippen LogP contribution in [-0.4, -0.2) is 222 Å². The van der Waals surface area contributed by atoms with E-state index in [2.05, 4.69) is 21.3 Å². The number of alkyl halides is 3. The Morgan fingerprint density at radius 1 is 0.596 bits per heavy atom. The highest BCUT2D eigenvalue weighted by Gasteiger charge is 2.44. The number of carbonyl (C=O) groups is 12. The van der Waals surface area contributed by atoms with Gasteiger partial charge in [-0.1, -0.05) is 93.9 Å². The number of amides is 11. The number of nitrogens with one attached hydrogen (secondary N) is 4. The molecule has 4 N–H and O–H groups in total. The van der Waals surface area contributed by atoms with E-state index in [0.717, 1.165) is 55.7 Å². The van der Waals surface area contributed by atoms with Gasteiger partial charge < -0.3 is 55.6 Å². The van der Waals surface area contributed by atoms with Crippen LogP contribution in [0.1, 0.15) is 164 Å². The second-order valence-corrected chi connectivity index (χ2v) is 27.7. The highest BCUT2D eigenvalue weighted by Crippen LogP contribution is 2.35. The third kappa shape index (κ3) is 23.0. The molecule has 1 saturated heterocycles. The summed E-state index contributed by atoms with van der Waals surface area (Å²) in [7, 11) is 8.93. The Morgan fingerprint density at radius 2 is 1.09 bits per heavy atom. The van der Waals surface area contributed by atoms with Crippen molar-refractivity contribution in [2.24, 2.45) is 29.6 Å². The topological polar surface area (TPSA) is 276 Å². The average molecular weight is 1340 g/mol. The quantitative estimate of drug-likeness (QED) is 0.140. The summed E-state index contributed by atoms with van der Waals surface area (Å²) in [6.45, 7) is 16.4. The highest BCUT2D eigenvalue weighted by atomic mass is 19.4. The van der Waals surface area contributed by atoms with E-state index < -0.39 is 180 Å². The molecule has 8 atom stereocenters. The molecule has 1 aromatic carbocycles. The number of ketones is 1. The Labute approximate surface area is 551 Å². The van der Waals surface area contributed by atoms with Gasteiger partial charge in [-0.25, -0.2) is 8.78 Å². The van der Waals surface area contributed by atoms with Gasteiger partial charge in [-0.2, -0.15) is 13.2 Å². The van der Waals surface area contributed by atoms with Gasteiger partial charge in [-0.15, -0.1) is 0 Å². The smallest absolute Gasteiger partial charge is 0.351 e. The van der Waals surface area contributed by atoms with Gasteiger partial charge in [-0.3, -0.25) is 57.5 Å². The van der Waals surface area contributed by atoms with Crippen molar-refractivity contribution in [3.05, 3.63) is 34.9 Å². The number of nitrogens with zero attached hydrogens (tertiary/aromatic N) is 7. The minimum Gasteiger partial charge on any atom is -0.351 e. The van der Waals surface area contributed by atoms with Crippen LogP contribution in [0.25, 0.3) is 0 Å². The summed E-state index contributed by atoms with van der Waals surface area (Å²) in [5.41, 5.74) is -4.32. The molecule has 0 unspecified atom stereocenters. The summed E-state index contributed by atoms with van der Waals surface area (Å²) in [4.78, 5) is 180. The lowest BCUT2D eigenvalue weighted by atomic mass is 9.84. The maximum absolute atomic E-state index is 15.0. The van der Waals surface area contributed by atoms with Gasteiger partial charge in [0.25, 0.3) is 5.91 Å². The molecule has 3 rings (SSSR count). The van der Waals surface area contributed by atoms with Gasteiger partial charge in [0, 0.05) is 68.2 Å². The number of Topliss-reactive ketones (excluding diaryl/α,β-unsaturated/α-hetero) is 1. The minimum atomic E-state index is -5.41. The molecular weight excluding hydrogens is 1230 g/mol. The van der Waals surface area contributed by atoms with Gasteiger partial charge in [-0.05, 0) is 100 Å². The van der Waals surface area contributed by atoms with Gasteiger partial charge >= 0.3 is 6.18 Å². The highest BCUT2D eigenvalue weighted by molar-refractivity contribution is 6.09. The number of rotatable bonds is 14. The second-order valence-electron chi connectivity index (χ2n) is 27.7. The van der Waals surface area contributed by atoms with Crippen molar-refractivity contribution in [1.82, 2.24) is 55.6 Å². The maximum atomic E-state index is 15.0. The minimum absolute atomic E-state index is 0.0732. The van der Waals surface area contributed by atoms with Crippen LogP contribution in [0.2, 0.25) is 0 Å². The zero-order valence-corrected chi connectivity index (χ0v) is 58.3. The molecule has 0 spiro atoms. The summed E-state index contributed by atoms with van der Waals surface area (Å²) in [6.07, 6.45) is -2.51. The molecule has 0 radical (unpaired) electrons. The van der Waals surface area contributed by atoms with E-state index in [-0.39, 0.29) is 61.3 Å². The maximum Gasteiger partial charge on any atom is 0.422 e. The van der Waals surface area contributed by atoms with E-state index in [0.29, 0.717) is 31.4 Å². The normalized spacial score (nSPS) is 24.5. The second kappa shape index (κ2) is 35.5. The Balaban J connectivity index is 2.26. The van der Waals surface area contributed by atoms with Gasteiger partial charge in [0.1, 0.15) is 52.9 Å². The van der Waals surface area contributed by atoms with E-state index in [9.17, 15) is 79.5 Å². The fourth-order valence-electron chi connectivity index (χ4n) is 11.8. The molecule has 11 amide bonds. The van der Waals surface area contributed by atoms with Crippen LogP contribution in [0.5, 0.6) is 0 Å². The number of aryl methyl sites for hydroxylation is 1. The lowest BCUT2D eigenvalue weighted by Gasteiger charge is -2.38. The molecule has 1 saturated carbocycles. The molecule has 2 aliphatic rings. The third-order valence-corrected chi connectivity index (χ3v) is 17.7. The van der Waals surface area contributed by atoms with Gasteiger partial charge in [0.05, 0.1) is 19.6 Å². The molecule has 0 bridgehead atoms. The van der Waals surface area contributed by atoms with Crippen LogP contribution in [0.3, 0.4) is 0 Å². The monoisotopic (exact) mass is 1340 g/mol. The molecule has 530 valence electrons. The average Bonchev–Trinajstić information content (AvgIpc) is 0.824. The van der Waals surface area contributed by atoms with Crippen molar-refractivity contribution in [1.29, 1.82) is 0 Å². The van der Waals surface area contributed by atoms with Crippen molar-refractivity contribution in [2.75, 3.05) is 69.0 Å². The largest absolute Gasteiger partial charge is 0.422 e. The van der Waals surface area contributed by atoms with E-state index in [1.165, 1.54) is 61.0 Å². The number of carbonyl (C=O) groups excluding carboxylic acids is 12. The van der Waals surface area contributed by atoms with Crippen LogP contribution >= 0.6 is 0 Å². The van der Waals surface area contributed by atoms with E-state index in [1.54, 1.807) is 34.6 Å². The predicted molar refractivity (Wildman–Crippen MR) is 341 cm³/mol. The zero-order chi connectivity index (χ0) is 71.8. The fourth-order valence-corrected chi connectivity index (χ4v) is 11.8. The zero-order valence-electron chi connectivity index (χ0n) is 58.3. The first kappa shape index (κ1) is 80.9. The molecule has 0 aromatic heterocycles. The first-order valence-corrected chi connectivity index (χ1v) is 32.5. The molecular formula is C66H104F5N11O12. The number of hydrogen-bond donors (Lipinski definition) is 4. The Hall–Kier alpha value is -7.29. The summed E-state index contributed by atoms with van der Waals surface area (Å²) >= 11 is 0. The van der Waals surface area contributed by atoms with E-state index >= 15 is 0 Å². The first-order chi connectivity index (χ1) is 43.4. The summed E-state index contributed by atoms with van der Waals surface area (Å²) in [5.74, 6) is -14.8. The molecule has 1 aromatic rings. The molecule has 2 fully saturated rings. The number of benzene rings is 1. The Morgan fingerprint density at radius 3 is 1.60 bits per heavy atom. The summed E-state index contributed by atoms with van der Waals surface area (Å²) in [6, 6.07) is -8.56. The van der Waals surface area contributed by atoms with Crippen molar-refractivity contribution in [3.63, 3.8) is 0 Å². The standard InChI is InChI=1S/C66H104F5N11O12/c1-19-40(8)56-62(92)78(14)35-53(86)76(12)36-54(87)82(18)57(50(83)33-42-23-21-20-22-24-42)63(93)77(13)34-51(84)73-46(26-25-43-31-44(67)55(45(68)32-43)66(69,70)71)61(91)80(16)49(29-39(6)7)60(90)75-65(10,11)64(94)81(17)48(28-38(4)5)58(88)72-41(9)30-52(85)79(15)47(27-37(2)3)59(89)74-56/h31-32,37-42,46-49,56-57H,19-30,33-36H2,1-18H3,(H,72,88)(H,73,84)(H,74,89)(H,75,90)/t40-,41+,46-,47-,48-,49-,56-,57-/m0/s1. The van der Waals surface area contributed by atoms with Crippen molar-refractivity contribution >= 4 is 70.8 Å². The van der Waals surface area contributed by atoms with E-state index in [1.807, 2.05) is 27.7 Å². The van der Waals surface area contributed by atoms with Crippen molar-refractivity contribution in [2.45, 2.75) is 214 Å². The fraction of sp³-hybridized carbons (Fsp3) is 0.727. The molecule has 1 aliphatic heterocycles. The number of likely N-dealkylation sites (N-methyl/N-ethyl adjacent to an activating group) is 7. The number of hydrogen-bond acceptors (Lipinski definition) is 12. The van der Waals surface area contributed by atoms with Gasteiger partial charge in [0.2, 0.25) is 59.1 Å². The molecule has 1 aliphatic carbocycles. The van der Waals surface area contributed by atoms with E-state index in [4.69, 9.17) is 0 Å². The predicted octanol–water partition coefficient (Wildman–Crippen LogP) is 5.10. The van der Waals surface area contributed by atoms with Gasteiger partial charge in [0.15, 0.2) is 11.8 Å².